The molecule has 1 aromatic carbocycles. The summed E-state index contributed by atoms with van der Waals surface area (Å²) in [6, 6.07) is 5.92. The number of fused-ring (bicyclic) bond motifs is 1. The van der Waals surface area contributed by atoms with Crippen molar-refractivity contribution in [2.75, 3.05) is 30.9 Å². The van der Waals surface area contributed by atoms with Gasteiger partial charge in [0, 0.05) is 31.6 Å². The standard InChI is InChI=1S/C14H14N4O2S.C2H7N/c1-17-6-10-4-3-9(5-12(10)18(2)14(17)20)11-7-21-13(16-11)15-8-19;1-2-3/h3-5,7-8H,6H2,1-2H3,(H,15,16,19);2-3H2,1H3. The molecule has 0 atom stereocenters. The molecule has 128 valence electrons. The number of thiazole rings is 1. The van der Waals surface area contributed by atoms with Crippen LogP contribution in [0.25, 0.3) is 11.3 Å². The third-order valence-electron chi connectivity index (χ3n) is 3.45. The Balaban J connectivity index is 0.000000647. The quantitative estimate of drug-likeness (QED) is 0.834. The molecule has 0 aliphatic carbocycles. The highest BCUT2D eigenvalue weighted by molar-refractivity contribution is 7.14. The van der Waals surface area contributed by atoms with Crippen molar-refractivity contribution in [2.45, 2.75) is 13.5 Å². The summed E-state index contributed by atoms with van der Waals surface area (Å²) in [4.78, 5) is 30.1. The van der Waals surface area contributed by atoms with E-state index in [1.807, 2.05) is 30.5 Å². The van der Waals surface area contributed by atoms with Crippen LogP contribution in [0.4, 0.5) is 15.6 Å². The van der Waals surface area contributed by atoms with Crippen LogP contribution in [-0.2, 0) is 11.3 Å². The minimum atomic E-state index is -0.0266. The Kier molecular flexibility index (Phi) is 5.88. The number of rotatable bonds is 3. The number of nitrogens with zero attached hydrogens (tertiary/aromatic N) is 3. The van der Waals surface area contributed by atoms with E-state index in [0.717, 1.165) is 29.1 Å². The van der Waals surface area contributed by atoms with E-state index in [2.05, 4.69) is 10.3 Å². The van der Waals surface area contributed by atoms with Crippen molar-refractivity contribution < 1.29 is 9.59 Å². The van der Waals surface area contributed by atoms with Gasteiger partial charge in [-0.2, -0.15) is 0 Å². The van der Waals surface area contributed by atoms with Crippen molar-refractivity contribution in [1.29, 1.82) is 0 Å². The molecule has 3 N–H and O–H groups in total. The van der Waals surface area contributed by atoms with Gasteiger partial charge >= 0.3 is 6.03 Å². The molecule has 3 rings (SSSR count). The third-order valence-corrected chi connectivity index (χ3v) is 4.22. The monoisotopic (exact) mass is 347 g/mol. The number of benzene rings is 1. The fourth-order valence-corrected chi connectivity index (χ4v) is 3.05. The van der Waals surface area contributed by atoms with Crippen LogP contribution in [0.15, 0.2) is 23.6 Å². The summed E-state index contributed by atoms with van der Waals surface area (Å²) < 4.78 is 0. The topological polar surface area (TPSA) is 91.6 Å². The Morgan fingerprint density at radius 2 is 2.12 bits per heavy atom. The number of carbonyl (C=O) groups is 2. The van der Waals surface area contributed by atoms with E-state index >= 15 is 0 Å². The van der Waals surface area contributed by atoms with E-state index in [-0.39, 0.29) is 6.03 Å². The van der Waals surface area contributed by atoms with Crippen molar-refractivity contribution in [1.82, 2.24) is 9.88 Å². The molecule has 0 spiro atoms. The average Bonchev–Trinajstić information content (AvgIpc) is 3.02. The maximum Gasteiger partial charge on any atom is 0.324 e. The van der Waals surface area contributed by atoms with Gasteiger partial charge in [0.25, 0.3) is 0 Å². The molecule has 0 bridgehead atoms. The second-order valence-corrected chi connectivity index (χ2v) is 6.11. The molecular formula is C16H21N5O2S. The largest absolute Gasteiger partial charge is 0.331 e. The molecule has 7 nitrogen and oxygen atoms in total. The van der Waals surface area contributed by atoms with Crippen LogP contribution in [0.3, 0.4) is 0 Å². The predicted octanol–water partition coefficient (Wildman–Crippen LogP) is 2.34. The number of anilines is 2. The lowest BCUT2D eigenvalue weighted by molar-refractivity contribution is -0.105. The zero-order chi connectivity index (χ0) is 17.7. The van der Waals surface area contributed by atoms with Crippen LogP contribution in [0.5, 0.6) is 0 Å². The second kappa shape index (κ2) is 7.89. The minimum absolute atomic E-state index is 0.0266. The number of carbonyl (C=O) groups excluding carboxylic acids is 2. The number of hydrogen-bond acceptors (Lipinski definition) is 5. The Morgan fingerprint density at radius 3 is 2.79 bits per heavy atom. The number of amides is 3. The van der Waals surface area contributed by atoms with Gasteiger partial charge in [-0.25, -0.2) is 9.78 Å². The van der Waals surface area contributed by atoms with E-state index in [1.165, 1.54) is 11.3 Å². The molecule has 0 saturated heterocycles. The van der Waals surface area contributed by atoms with Gasteiger partial charge in [0.05, 0.1) is 11.4 Å². The molecule has 8 heteroatoms. The SMILES string of the molecule is CCN.CN1Cc2ccc(-c3csc(NC=O)n3)cc2N(C)C1=O. The van der Waals surface area contributed by atoms with Crippen molar-refractivity contribution in [2.24, 2.45) is 5.73 Å². The summed E-state index contributed by atoms with van der Waals surface area (Å²) in [5.74, 6) is 0. The predicted molar refractivity (Wildman–Crippen MR) is 97.2 cm³/mol. The fraction of sp³-hybridized carbons (Fsp3) is 0.312. The zero-order valence-corrected chi connectivity index (χ0v) is 14.8. The Labute approximate surface area is 145 Å². The molecule has 2 heterocycles. The summed E-state index contributed by atoms with van der Waals surface area (Å²) in [6.07, 6.45) is 0.609. The zero-order valence-electron chi connectivity index (χ0n) is 13.9. The molecule has 1 aliphatic rings. The number of urea groups is 1. The van der Waals surface area contributed by atoms with Crippen LogP contribution in [0, 0.1) is 0 Å². The van der Waals surface area contributed by atoms with E-state index in [0.29, 0.717) is 18.1 Å². The minimum Gasteiger partial charge on any atom is -0.331 e. The molecule has 3 amide bonds. The van der Waals surface area contributed by atoms with Crippen LogP contribution < -0.4 is 16.0 Å². The molecule has 0 radical (unpaired) electrons. The highest BCUT2D eigenvalue weighted by Gasteiger charge is 2.25. The first kappa shape index (κ1) is 17.9. The van der Waals surface area contributed by atoms with Crippen LogP contribution in [-0.4, -0.2) is 43.0 Å². The van der Waals surface area contributed by atoms with Gasteiger partial charge in [0.2, 0.25) is 6.41 Å². The van der Waals surface area contributed by atoms with Gasteiger partial charge in [-0.05, 0) is 18.2 Å². The van der Waals surface area contributed by atoms with Gasteiger partial charge in [-0.3, -0.25) is 9.69 Å². The lowest BCUT2D eigenvalue weighted by Crippen LogP contribution is -2.42. The average molecular weight is 347 g/mol. The van der Waals surface area contributed by atoms with E-state index in [9.17, 15) is 9.59 Å². The molecule has 0 unspecified atom stereocenters. The Morgan fingerprint density at radius 1 is 1.42 bits per heavy atom. The van der Waals surface area contributed by atoms with Gasteiger partial charge in [-0.15, -0.1) is 11.3 Å². The van der Waals surface area contributed by atoms with Crippen molar-refractivity contribution in [3.05, 3.63) is 29.1 Å². The van der Waals surface area contributed by atoms with E-state index in [1.54, 1.807) is 23.9 Å². The first-order valence-electron chi connectivity index (χ1n) is 7.49. The number of aromatic nitrogens is 1. The van der Waals surface area contributed by atoms with Gasteiger partial charge < -0.3 is 16.0 Å². The van der Waals surface area contributed by atoms with Gasteiger partial charge in [-0.1, -0.05) is 19.1 Å². The summed E-state index contributed by atoms with van der Waals surface area (Å²) in [7, 11) is 3.55. The molecular weight excluding hydrogens is 326 g/mol. The van der Waals surface area contributed by atoms with Crippen LogP contribution in [0.1, 0.15) is 12.5 Å². The lowest BCUT2D eigenvalue weighted by atomic mass is 10.0. The van der Waals surface area contributed by atoms with E-state index in [4.69, 9.17) is 5.73 Å². The number of nitrogens with two attached hydrogens (primary N) is 1. The highest BCUT2D eigenvalue weighted by atomic mass is 32.1. The Bertz CT molecular complexity index is 731. The van der Waals surface area contributed by atoms with Crippen molar-refractivity contribution in [3.8, 4) is 11.3 Å². The molecule has 2 aromatic rings. The van der Waals surface area contributed by atoms with Crippen molar-refractivity contribution in [3.63, 3.8) is 0 Å². The van der Waals surface area contributed by atoms with Crippen LogP contribution in [0.2, 0.25) is 0 Å². The summed E-state index contributed by atoms with van der Waals surface area (Å²) in [5, 5.41) is 4.97. The highest BCUT2D eigenvalue weighted by Crippen LogP contribution is 2.32. The maximum absolute atomic E-state index is 12.0. The molecule has 1 aromatic heterocycles. The Hall–Kier alpha value is -2.45. The molecule has 24 heavy (non-hydrogen) atoms. The second-order valence-electron chi connectivity index (χ2n) is 5.25. The molecule has 0 fully saturated rings. The number of hydrogen-bond donors (Lipinski definition) is 2. The van der Waals surface area contributed by atoms with Gasteiger partial charge in [0.1, 0.15) is 0 Å². The first-order chi connectivity index (χ1) is 11.5. The third kappa shape index (κ3) is 3.72. The van der Waals surface area contributed by atoms with E-state index < -0.39 is 0 Å². The summed E-state index contributed by atoms with van der Waals surface area (Å²) in [5.41, 5.74) is 8.55. The van der Waals surface area contributed by atoms with Crippen LogP contribution >= 0.6 is 11.3 Å². The molecule has 0 saturated carbocycles. The molecule has 1 aliphatic heterocycles. The van der Waals surface area contributed by atoms with Gasteiger partial charge in [0.15, 0.2) is 5.13 Å². The summed E-state index contributed by atoms with van der Waals surface area (Å²) >= 11 is 1.37. The number of nitrogens with one attached hydrogen (secondary N) is 1. The maximum atomic E-state index is 12.0. The smallest absolute Gasteiger partial charge is 0.324 e. The normalized spacial score (nSPS) is 13.1. The first-order valence-corrected chi connectivity index (χ1v) is 8.37. The lowest BCUT2D eigenvalue weighted by Gasteiger charge is -2.32. The summed E-state index contributed by atoms with van der Waals surface area (Å²) in [6.45, 7) is 3.26. The fourth-order valence-electron chi connectivity index (χ4n) is 2.37. The van der Waals surface area contributed by atoms with Crippen molar-refractivity contribution >= 4 is 34.6 Å².